The number of benzene rings is 1. The molecule has 1 fully saturated rings. The Labute approximate surface area is 181 Å². The van der Waals surface area contributed by atoms with Crippen LogP contribution in [0.2, 0.25) is 0 Å². The molecule has 0 bridgehead atoms. The van der Waals surface area contributed by atoms with Gasteiger partial charge in [0.1, 0.15) is 5.75 Å². The van der Waals surface area contributed by atoms with Gasteiger partial charge in [-0.1, -0.05) is 35.7 Å². The Bertz CT molecular complexity index is 598. The van der Waals surface area contributed by atoms with Crippen molar-refractivity contribution in [2.24, 2.45) is 5.92 Å². The molecule has 7 nitrogen and oxygen atoms in total. The number of nitrogens with zero attached hydrogens (tertiary/aromatic N) is 1. The summed E-state index contributed by atoms with van der Waals surface area (Å²) in [4.78, 5) is 20.8. The fourth-order valence-electron chi connectivity index (χ4n) is 3.27. The number of hydrogen-bond donors (Lipinski definition) is 2. The molecule has 2 N–H and O–H groups in total. The Morgan fingerprint density at radius 1 is 1.17 bits per heavy atom. The van der Waals surface area contributed by atoms with Gasteiger partial charge in [0.15, 0.2) is 0 Å². The summed E-state index contributed by atoms with van der Waals surface area (Å²) in [6.45, 7) is 6.52. The average Bonchev–Trinajstić information content (AvgIpc) is 2.71. The predicted octanol–water partition coefficient (Wildman–Crippen LogP) is 3.90. The SMILES string of the molecule is CCCCCN1CC[C@@H](CCOc2ccc(Br)cc2)[C@H](OC)C1.O=C(O)C(=O)O. The number of piperidine rings is 1. The molecule has 0 unspecified atom stereocenters. The number of rotatable bonds is 9. The molecule has 29 heavy (non-hydrogen) atoms. The molecule has 164 valence electrons. The van der Waals surface area contributed by atoms with Gasteiger partial charge in [0.05, 0.1) is 12.7 Å². The molecule has 1 aliphatic rings. The van der Waals surface area contributed by atoms with Crippen LogP contribution in [0.5, 0.6) is 5.75 Å². The molecular weight excluding hydrogens is 442 g/mol. The molecule has 1 saturated heterocycles. The number of methoxy groups -OCH3 is 1. The van der Waals surface area contributed by atoms with Crippen LogP contribution < -0.4 is 4.74 Å². The summed E-state index contributed by atoms with van der Waals surface area (Å²) in [5.41, 5.74) is 0. The summed E-state index contributed by atoms with van der Waals surface area (Å²) in [5, 5.41) is 14.8. The zero-order valence-corrected chi connectivity index (χ0v) is 18.8. The third kappa shape index (κ3) is 10.6. The van der Waals surface area contributed by atoms with Gasteiger partial charge in [-0.2, -0.15) is 0 Å². The highest BCUT2D eigenvalue weighted by Crippen LogP contribution is 2.24. The second-order valence-electron chi connectivity index (χ2n) is 7.03. The highest BCUT2D eigenvalue weighted by molar-refractivity contribution is 9.10. The Balaban J connectivity index is 0.000000612. The summed E-state index contributed by atoms with van der Waals surface area (Å²) in [6, 6.07) is 8.05. The smallest absolute Gasteiger partial charge is 0.414 e. The second kappa shape index (κ2) is 14.4. The van der Waals surface area contributed by atoms with E-state index in [1.807, 2.05) is 31.4 Å². The van der Waals surface area contributed by atoms with Crippen LogP contribution >= 0.6 is 15.9 Å². The number of hydrogen-bond acceptors (Lipinski definition) is 5. The van der Waals surface area contributed by atoms with E-state index in [1.54, 1.807) is 0 Å². The first-order chi connectivity index (χ1) is 13.9. The molecule has 1 heterocycles. The van der Waals surface area contributed by atoms with Crippen molar-refractivity contribution < 1.29 is 29.3 Å². The summed E-state index contributed by atoms with van der Waals surface area (Å²) in [6.07, 6.45) is 6.56. The van der Waals surface area contributed by atoms with Gasteiger partial charge in [0, 0.05) is 18.1 Å². The maximum Gasteiger partial charge on any atom is 0.414 e. The van der Waals surface area contributed by atoms with Gasteiger partial charge < -0.3 is 24.6 Å². The normalized spacial score (nSPS) is 19.1. The van der Waals surface area contributed by atoms with Gasteiger partial charge in [0.25, 0.3) is 0 Å². The van der Waals surface area contributed by atoms with Gasteiger partial charge in [0.2, 0.25) is 0 Å². The van der Waals surface area contributed by atoms with Crippen LogP contribution in [0.4, 0.5) is 0 Å². The number of aliphatic carboxylic acids is 2. The van der Waals surface area contributed by atoms with Crippen LogP contribution in [0.1, 0.15) is 39.0 Å². The van der Waals surface area contributed by atoms with Gasteiger partial charge in [-0.3, -0.25) is 0 Å². The van der Waals surface area contributed by atoms with Crippen molar-refractivity contribution in [3.8, 4) is 5.75 Å². The Morgan fingerprint density at radius 3 is 2.38 bits per heavy atom. The predicted molar refractivity (Wildman–Crippen MR) is 114 cm³/mol. The third-order valence-electron chi connectivity index (χ3n) is 4.91. The first-order valence-corrected chi connectivity index (χ1v) is 10.8. The molecule has 1 aromatic rings. The standard InChI is InChI=1S/C19H30BrNO2.C2H2O4/c1-3-4-5-12-21-13-10-16(19(15-21)22-2)11-14-23-18-8-6-17(20)7-9-18;3-1(4)2(5)6/h6-9,16,19H,3-5,10-15H2,1-2H3;(H,3,4)(H,5,6)/t16-,19+;/m0./s1. The number of halogens is 1. The van der Waals surface area contributed by atoms with Crippen molar-refractivity contribution >= 4 is 27.9 Å². The molecule has 2 atom stereocenters. The number of carbonyl (C=O) groups is 2. The summed E-state index contributed by atoms with van der Waals surface area (Å²) >= 11 is 3.44. The van der Waals surface area contributed by atoms with Crippen LogP contribution in [0.25, 0.3) is 0 Å². The molecule has 2 rings (SSSR count). The van der Waals surface area contributed by atoms with Crippen molar-refractivity contribution in [3.05, 3.63) is 28.7 Å². The maximum absolute atomic E-state index is 9.10. The van der Waals surface area contributed by atoms with Crippen molar-refractivity contribution in [1.29, 1.82) is 0 Å². The number of unbranched alkanes of at least 4 members (excludes halogenated alkanes) is 2. The van der Waals surface area contributed by atoms with Gasteiger partial charge in [-0.05, 0) is 62.5 Å². The van der Waals surface area contributed by atoms with E-state index in [-0.39, 0.29) is 0 Å². The molecular formula is C21H32BrNO6. The Kier molecular flexibility index (Phi) is 12.6. The van der Waals surface area contributed by atoms with E-state index in [1.165, 1.54) is 38.8 Å². The van der Waals surface area contributed by atoms with Crippen LogP contribution in [-0.4, -0.2) is 66.5 Å². The largest absolute Gasteiger partial charge is 0.494 e. The molecule has 1 aliphatic heterocycles. The molecule has 0 aliphatic carbocycles. The monoisotopic (exact) mass is 473 g/mol. The maximum atomic E-state index is 9.10. The molecule has 0 amide bonds. The quantitative estimate of drug-likeness (QED) is 0.414. The van der Waals surface area contributed by atoms with Gasteiger partial charge >= 0.3 is 11.9 Å². The molecule has 8 heteroatoms. The molecule has 1 aromatic carbocycles. The van der Waals surface area contributed by atoms with E-state index >= 15 is 0 Å². The lowest BCUT2D eigenvalue weighted by atomic mass is 9.91. The minimum absolute atomic E-state index is 0.346. The van der Waals surface area contributed by atoms with E-state index in [9.17, 15) is 0 Å². The summed E-state index contributed by atoms with van der Waals surface area (Å²) in [5.74, 6) is -2.10. The van der Waals surface area contributed by atoms with Crippen molar-refractivity contribution in [1.82, 2.24) is 4.90 Å². The van der Waals surface area contributed by atoms with Crippen molar-refractivity contribution in [3.63, 3.8) is 0 Å². The number of likely N-dealkylation sites (tertiary alicyclic amines) is 1. The van der Waals surface area contributed by atoms with E-state index < -0.39 is 11.9 Å². The van der Waals surface area contributed by atoms with E-state index in [4.69, 9.17) is 29.3 Å². The Hall–Kier alpha value is -1.64. The van der Waals surface area contributed by atoms with Crippen LogP contribution in [0.3, 0.4) is 0 Å². The Morgan fingerprint density at radius 2 is 1.83 bits per heavy atom. The molecule has 0 radical (unpaired) electrons. The fraction of sp³-hybridized carbons (Fsp3) is 0.619. The first kappa shape index (κ1) is 25.4. The summed E-state index contributed by atoms with van der Waals surface area (Å²) in [7, 11) is 1.85. The lowest BCUT2D eigenvalue weighted by Gasteiger charge is -2.37. The lowest BCUT2D eigenvalue weighted by molar-refractivity contribution is -0.159. The number of ether oxygens (including phenoxy) is 2. The highest BCUT2D eigenvalue weighted by atomic mass is 79.9. The number of carboxylic acids is 2. The fourth-order valence-corrected chi connectivity index (χ4v) is 3.54. The third-order valence-corrected chi connectivity index (χ3v) is 5.44. The van der Waals surface area contributed by atoms with Crippen LogP contribution in [0.15, 0.2) is 28.7 Å². The first-order valence-electron chi connectivity index (χ1n) is 9.97. The van der Waals surface area contributed by atoms with E-state index in [2.05, 4.69) is 27.8 Å². The lowest BCUT2D eigenvalue weighted by Crippen LogP contribution is -2.45. The minimum atomic E-state index is -1.82. The van der Waals surface area contributed by atoms with Gasteiger partial charge in [-0.25, -0.2) is 9.59 Å². The average molecular weight is 474 g/mol. The van der Waals surface area contributed by atoms with Crippen LogP contribution in [-0.2, 0) is 14.3 Å². The molecule has 0 aromatic heterocycles. The highest BCUT2D eigenvalue weighted by Gasteiger charge is 2.28. The van der Waals surface area contributed by atoms with Crippen LogP contribution in [0, 0.1) is 5.92 Å². The van der Waals surface area contributed by atoms with E-state index in [0.29, 0.717) is 12.0 Å². The van der Waals surface area contributed by atoms with Gasteiger partial charge in [-0.15, -0.1) is 0 Å². The van der Waals surface area contributed by atoms with E-state index in [0.717, 1.165) is 29.8 Å². The van der Waals surface area contributed by atoms with Crippen molar-refractivity contribution in [2.45, 2.75) is 45.1 Å². The summed E-state index contributed by atoms with van der Waals surface area (Å²) < 4.78 is 12.7. The minimum Gasteiger partial charge on any atom is -0.494 e. The number of carboxylic acid groups (broad SMARTS) is 2. The molecule has 0 saturated carbocycles. The zero-order valence-electron chi connectivity index (χ0n) is 17.2. The molecule has 0 spiro atoms. The van der Waals surface area contributed by atoms with Crippen molar-refractivity contribution in [2.75, 3.05) is 33.4 Å². The second-order valence-corrected chi connectivity index (χ2v) is 7.95. The zero-order chi connectivity index (χ0) is 21.6. The topological polar surface area (TPSA) is 96.3 Å².